The third kappa shape index (κ3) is 2.10. The standard InChI is InChI=1S/C7H10BNO4/c1-12-6-4-9-7(13-2)3-5(6)8(10)11/h3-4,10-11H,1-2H3/i1D3. The Morgan fingerprint density at radius 2 is 2.31 bits per heavy atom. The second-order valence-electron chi connectivity index (χ2n) is 2.24. The van der Waals surface area contributed by atoms with Gasteiger partial charge in [0.1, 0.15) is 5.75 Å². The first kappa shape index (κ1) is 6.23. The van der Waals surface area contributed by atoms with Crippen molar-refractivity contribution in [1.82, 2.24) is 4.98 Å². The molecule has 0 atom stereocenters. The van der Waals surface area contributed by atoms with E-state index in [9.17, 15) is 0 Å². The average Bonchev–Trinajstić information content (AvgIpc) is 2.15. The van der Waals surface area contributed by atoms with Crippen LogP contribution in [0.1, 0.15) is 4.11 Å². The monoisotopic (exact) mass is 186 g/mol. The van der Waals surface area contributed by atoms with Crippen molar-refractivity contribution in [1.29, 1.82) is 0 Å². The summed E-state index contributed by atoms with van der Waals surface area (Å²) in [6.07, 6.45) is 1.06. The Labute approximate surface area is 80.3 Å². The summed E-state index contributed by atoms with van der Waals surface area (Å²) >= 11 is 0. The Bertz CT molecular complexity index is 371. The van der Waals surface area contributed by atoms with Crippen molar-refractivity contribution in [3.05, 3.63) is 12.3 Å². The third-order valence-electron chi connectivity index (χ3n) is 1.47. The van der Waals surface area contributed by atoms with Crippen LogP contribution in [0, 0.1) is 0 Å². The van der Waals surface area contributed by atoms with Crippen LogP contribution in [-0.2, 0) is 0 Å². The van der Waals surface area contributed by atoms with E-state index < -0.39 is 14.2 Å². The molecule has 1 aromatic rings. The lowest BCUT2D eigenvalue weighted by atomic mass is 9.80. The Morgan fingerprint density at radius 1 is 1.54 bits per heavy atom. The van der Waals surface area contributed by atoms with Gasteiger partial charge in [0.15, 0.2) is 0 Å². The highest BCUT2D eigenvalue weighted by molar-refractivity contribution is 6.59. The van der Waals surface area contributed by atoms with Crippen LogP contribution in [0.2, 0.25) is 0 Å². The molecule has 0 unspecified atom stereocenters. The van der Waals surface area contributed by atoms with Crippen LogP contribution < -0.4 is 14.9 Å². The van der Waals surface area contributed by atoms with Gasteiger partial charge in [-0.3, -0.25) is 0 Å². The molecule has 0 aliphatic rings. The molecule has 1 rings (SSSR count). The highest BCUT2D eigenvalue weighted by Gasteiger charge is 2.18. The van der Waals surface area contributed by atoms with Gasteiger partial charge in [0, 0.05) is 11.5 Å². The van der Waals surface area contributed by atoms with E-state index in [1.165, 1.54) is 13.2 Å². The lowest BCUT2D eigenvalue weighted by molar-refractivity contribution is 0.384. The highest BCUT2D eigenvalue weighted by atomic mass is 16.5. The van der Waals surface area contributed by atoms with Crippen molar-refractivity contribution in [3.63, 3.8) is 0 Å². The van der Waals surface area contributed by atoms with Crippen molar-refractivity contribution in [2.75, 3.05) is 14.1 Å². The average molecular weight is 186 g/mol. The fraction of sp³-hybridized carbons (Fsp3) is 0.286. The Morgan fingerprint density at radius 3 is 2.85 bits per heavy atom. The molecule has 0 aliphatic heterocycles. The van der Waals surface area contributed by atoms with E-state index in [0.29, 0.717) is 0 Å². The summed E-state index contributed by atoms with van der Waals surface area (Å²) < 4.78 is 30.0. The second-order valence-corrected chi connectivity index (χ2v) is 2.24. The molecule has 1 heterocycles. The molecule has 70 valence electrons. The number of hydrogen-bond donors (Lipinski definition) is 2. The number of rotatable bonds is 3. The molecular formula is C7H10BNO4. The van der Waals surface area contributed by atoms with Crippen LogP contribution in [0.15, 0.2) is 12.3 Å². The summed E-state index contributed by atoms with van der Waals surface area (Å²) in [6.45, 7) is 0. The maximum absolute atomic E-state index is 9.03. The Hall–Kier alpha value is -1.27. The summed E-state index contributed by atoms with van der Waals surface area (Å²) in [5.41, 5.74) is -0.122. The first-order valence-corrected chi connectivity index (χ1v) is 3.42. The van der Waals surface area contributed by atoms with Crippen LogP contribution in [0.5, 0.6) is 11.6 Å². The van der Waals surface area contributed by atoms with Crippen molar-refractivity contribution in [2.45, 2.75) is 0 Å². The third-order valence-corrected chi connectivity index (χ3v) is 1.47. The fourth-order valence-corrected chi connectivity index (χ4v) is 0.837. The Balaban J connectivity index is 3.08. The minimum Gasteiger partial charge on any atom is -0.495 e. The van der Waals surface area contributed by atoms with E-state index in [2.05, 4.69) is 9.72 Å². The predicted octanol–water partition coefficient (Wildman–Crippen LogP) is -1.22. The fourth-order valence-electron chi connectivity index (χ4n) is 0.837. The van der Waals surface area contributed by atoms with E-state index in [1.54, 1.807) is 0 Å². The van der Waals surface area contributed by atoms with Gasteiger partial charge in [-0.1, -0.05) is 0 Å². The van der Waals surface area contributed by atoms with Gasteiger partial charge in [-0.05, 0) is 0 Å². The van der Waals surface area contributed by atoms with Crippen LogP contribution >= 0.6 is 0 Å². The molecule has 0 spiro atoms. The SMILES string of the molecule is [2H]C([2H])([2H])Oc1cnc(OC)cc1B(O)O. The van der Waals surface area contributed by atoms with E-state index in [1.807, 2.05) is 0 Å². The molecule has 0 fully saturated rings. The first-order valence-electron chi connectivity index (χ1n) is 4.92. The summed E-state index contributed by atoms with van der Waals surface area (Å²) in [4.78, 5) is 3.70. The van der Waals surface area contributed by atoms with E-state index >= 15 is 0 Å². The van der Waals surface area contributed by atoms with Gasteiger partial charge in [-0.15, -0.1) is 0 Å². The molecule has 0 radical (unpaired) electrons. The van der Waals surface area contributed by atoms with E-state index in [4.69, 9.17) is 18.9 Å². The zero-order valence-electron chi connectivity index (χ0n) is 9.89. The molecule has 0 saturated heterocycles. The van der Waals surface area contributed by atoms with E-state index in [-0.39, 0.29) is 17.1 Å². The minimum absolute atomic E-state index is 0.122. The van der Waals surface area contributed by atoms with Crippen LogP contribution in [-0.4, -0.2) is 36.3 Å². The highest BCUT2D eigenvalue weighted by Crippen LogP contribution is 2.10. The molecule has 0 amide bonds. The zero-order chi connectivity index (χ0) is 12.3. The smallest absolute Gasteiger partial charge is 0.492 e. The summed E-state index contributed by atoms with van der Waals surface area (Å²) in [5.74, 6) is -0.100. The number of aromatic nitrogens is 1. The van der Waals surface area contributed by atoms with Gasteiger partial charge in [0.2, 0.25) is 5.88 Å². The molecule has 0 aromatic carbocycles. The number of methoxy groups -OCH3 is 2. The summed E-state index contributed by atoms with van der Waals surface area (Å²) in [5, 5.41) is 18.1. The first-order chi connectivity index (χ1) is 7.33. The molecule has 5 nitrogen and oxygen atoms in total. The maximum atomic E-state index is 9.03. The van der Waals surface area contributed by atoms with Crippen molar-refractivity contribution < 1.29 is 23.6 Å². The van der Waals surface area contributed by atoms with Gasteiger partial charge in [0.25, 0.3) is 0 Å². The number of pyridine rings is 1. The van der Waals surface area contributed by atoms with Gasteiger partial charge in [0.05, 0.1) is 24.5 Å². The van der Waals surface area contributed by atoms with Crippen molar-refractivity contribution >= 4 is 12.6 Å². The molecule has 0 bridgehead atoms. The van der Waals surface area contributed by atoms with Gasteiger partial charge >= 0.3 is 7.12 Å². The van der Waals surface area contributed by atoms with Crippen LogP contribution in [0.25, 0.3) is 0 Å². The van der Waals surface area contributed by atoms with Gasteiger partial charge in [-0.2, -0.15) is 0 Å². The number of hydrogen-bond acceptors (Lipinski definition) is 5. The zero-order valence-corrected chi connectivity index (χ0v) is 6.89. The lowest BCUT2D eigenvalue weighted by Gasteiger charge is -2.07. The molecule has 6 heteroatoms. The van der Waals surface area contributed by atoms with Crippen molar-refractivity contribution in [3.8, 4) is 11.6 Å². The molecule has 13 heavy (non-hydrogen) atoms. The van der Waals surface area contributed by atoms with E-state index in [0.717, 1.165) is 6.20 Å². The Kier molecular flexibility index (Phi) is 1.97. The minimum atomic E-state index is -2.68. The second kappa shape index (κ2) is 4.11. The van der Waals surface area contributed by atoms with Gasteiger partial charge in [-0.25, -0.2) is 4.98 Å². The summed E-state index contributed by atoms with van der Waals surface area (Å²) in [6, 6.07) is 1.19. The number of ether oxygens (including phenoxy) is 2. The normalized spacial score (nSPS) is 13.9. The van der Waals surface area contributed by atoms with Crippen LogP contribution in [0.3, 0.4) is 0 Å². The molecule has 0 aliphatic carbocycles. The summed E-state index contributed by atoms with van der Waals surface area (Å²) in [7, 11) is -3.20. The lowest BCUT2D eigenvalue weighted by Crippen LogP contribution is -2.31. The largest absolute Gasteiger partial charge is 0.495 e. The molecule has 2 N–H and O–H groups in total. The maximum Gasteiger partial charge on any atom is 0.492 e. The van der Waals surface area contributed by atoms with Crippen molar-refractivity contribution in [2.24, 2.45) is 0 Å². The topological polar surface area (TPSA) is 71.8 Å². The van der Waals surface area contributed by atoms with Crippen LogP contribution in [0.4, 0.5) is 0 Å². The quantitative estimate of drug-likeness (QED) is 0.578. The molecular weight excluding hydrogens is 173 g/mol. The van der Waals surface area contributed by atoms with Gasteiger partial charge < -0.3 is 19.5 Å². The number of nitrogens with zero attached hydrogens (tertiary/aromatic N) is 1. The molecule has 0 saturated carbocycles. The predicted molar refractivity (Wildman–Crippen MR) is 47.2 cm³/mol. The molecule has 1 aromatic heterocycles.